The normalized spacial score (nSPS) is 37.6. The lowest BCUT2D eigenvalue weighted by Gasteiger charge is -2.62. The molecule has 11 atom stereocenters. The van der Waals surface area contributed by atoms with Crippen molar-refractivity contribution in [3.05, 3.63) is 12.2 Å². The number of rotatable bonds is 13. The molecule has 4 saturated carbocycles. The minimum Gasteiger partial charge on any atom is -0.447 e. The second kappa shape index (κ2) is 15.5. The van der Waals surface area contributed by atoms with E-state index in [1.165, 1.54) is 31.8 Å². The van der Waals surface area contributed by atoms with Crippen molar-refractivity contribution in [2.75, 3.05) is 19.8 Å². The van der Waals surface area contributed by atoms with E-state index < -0.39 is 12.3 Å². The van der Waals surface area contributed by atoms with Crippen LogP contribution in [0, 0.1) is 58.7 Å². The Morgan fingerprint density at radius 1 is 1.02 bits per heavy atom. The molecule has 4 aliphatic rings. The minimum absolute atomic E-state index is 0.133. The van der Waals surface area contributed by atoms with Crippen LogP contribution in [0.25, 0.3) is 0 Å². The number of aliphatic hydroxyl groups is 2. The van der Waals surface area contributed by atoms with Gasteiger partial charge in [0.2, 0.25) is 5.91 Å². The zero-order chi connectivity index (χ0) is 31.9. The smallest absolute Gasteiger partial charge is 0.408 e. The van der Waals surface area contributed by atoms with Gasteiger partial charge in [0, 0.05) is 13.0 Å². The second-order valence-corrected chi connectivity index (χ2v) is 14.8. The number of terminal acetylenes is 1. The molecule has 4 rings (SSSR count). The Balaban J connectivity index is 1.25. The summed E-state index contributed by atoms with van der Waals surface area (Å²) < 4.78 is 10.4. The van der Waals surface area contributed by atoms with Gasteiger partial charge in [0.1, 0.15) is 12.8 Å². The van der Waals surface area contributed by atoms with Gasteiger partial charge in [-0.2, -0.15) is 0 Å². The number of hydrogen-bond acceptors (Lipinski definition) is 6. The van der Waals surface area contributed by atoms with E-state index in [2.05, 4.69) is 37.3 Å². The van der Waals surface area contributed by atoms with Crippen LogP contribution in [0.1, 0.15) is 105 Å². The third-order valence-electron chi connectivity index (χ3n) is 12.2. The summed E-state index contributed by atoms with van der Waals surface area (Å²) in [6.45, 7) is 10.4. The Kier molecular flexibility index (Phi) is 12.2. The average molecular weight is 615 g/mol. The zero-order valence-electron chi connectivity index (χ0n) is 27.6. The Morgan fingerprint density at radius 3 is 2.52 bits per heavy atom. The molecule has 0 bridgehead atoms. The molecule has 0 saturated heterocycles. The van der Waals surface area contributed by atoms with Crippen LogP contribution in [-0.4, -0.2) is 60.4 Å². The predicted molar refractivity (Wildman–Crippen MR) is 171 cm³/mol. The van der Waals surface area contributed by atoms with Crippen molar-refractivity contribution in [2.24, 2.45) is 46.3 Å². The number of fused-ring (bicyclic) bond motifs is 5. The molecule has 0 heterocycles. The summed E-state index contributed by atoms with van der Waals surface area (Å²) in [6.07, 6.45) is 18.4. The van der Waals surface area contributed by atoms with Gasteiger partial charge < -0.3 is 30.3 Å². The molecule has 4 N–H and O–H groups in total. The molecule has 0 aromatic heterocycles. The Morgan fingerprint density at radius 2 is 1.77 bits per heavy atom. The van der Waals surface area contributed by atoms with Gasteiger partial charge in [-0.15, -0.1) is 12.3 Å². The third-order valence-corrected chi connectivity index (χ3v) is 12.2. The molecule has 44 heavy (non-hydrogen) atoms. The number of aliphatic hydroxyl groups excluding tert-OH is 2. The summed E-state index contributed by atoms with van der Waals surface area (Å²) in [7, 11) is 0. The number of amides is 2. The van der Waals surface area contributed by atoms with Gasteiger partial charge in [-0.3, -0.25) is 4.79 Å². The standard InChI is InChI=1S/C36H58N2O6/c1-6-10-31(38-34(42)44-21-20-43-19-7-2)37-32(41)12-9-8-11-24(3)27-13-14-28-33-29(16-18-36(27,28)5)35(4)17-15-26(39)22-25(35)23-30(33)40/h1,9,12,24-31,33,39-40H,7-8,10-11,13-23H2,2-5H3,(H,37,41)(H,38,42). The summed E-state index contributed by atoms with van der Waals surface area (Å²) >= 11 is 0. The number of ether oxygens (including phenoxy) is 2. The molecule has 4 fully saturated rings. The molecule has 11 unspecified atom stereocenters. The van der Waals surface area contributed by atoms with Crippen molar-refractivity contribution in [3.8, 4) is 12.3 Å². The first-order valence-corrected chi connectivity index (χ1v) is 17.3. The van der Waals surface area contributed by atoms with Crippen molar-refractivity contribution >= 4 is 12.0 Å². The van der Waals surface area contributed by atoms with E-state index in [0.717, 1.165) is 44.9 Å². The summed E-state index contributed by atoms with van der Waals surface area (Å²) in [5.41, 5.74) is 0.489. The predicted octanol–water partition coefficient (Wildman–Crippen LogP) is 5.57. The number of carbonyl (C=O) groups excluding carboxylic acids is 2. The second-order valence-electron chi connectivity index (χ2n) is 14.8. The molecule has 0 spiro atoms. The average Bonchev–Trinajstić information content (AvgIpc) is 3.33. The van der Waals surface area contributed by atoms with Crippen LogP contribution in [-0.2, 0) is 14.3 Å². The van der Waals surface area contributed by atoms with Gasteiger partial charge in [0.05, 0.1) is 18.8 Å². The third kappa shape index (κ3) is 7.82. The number of allylic oxidation sites excluding steroid dienone is 1. The maximum Gasteiger partial charge on any atom is 0.408 e. The van der Waals surface area contributed by atoms with E-state index in [-0.39, 0.29) is 42.0 Å². The maximum atomic E-state index is 12.6. The highest BCUT2D eigenvalue weighted by Gasteiger charge is 2.62. The fraction of sp³-hybridized carbons (Fsp3) is 0.833. The lowest BCUT2D eigenvalue weighted by molar-refractivity contribution is -0.174. The van der Waals surface area contributed by atoms with Crippen LogP contribution in [0.3, 0.4) is 0 Å². The number of carbonyl (C=O) groups is 2. The van der Waals surface area contributed by atoms with Crippen LogP contribution in [0.4, 0.5) is 4.79 Å². The van der Waals surface area contributed by atoms with E-state index in [4.69, 9.17) is 15.9 Å². The molecule has 0 aromatic carbocycles. The van der Waals surface area contributed by atoms with E-state index in [1.807, 2.05) is 13.0 Å². The van der Waals surface area contributed by atoms with Gasteiger partial charge >= 0.3 is 6.09 Å². The van der Waals surface area contributed by atoms with Crippen molar-refractivity contribution in [1.29, 1.82) is 0 Å². The number of nitrogens with one attached hydrogen (secondary N) is 2. The zero-order valence-corrected chi connectivity index (χ0v) is 27.6. The van der Waals surface area contributed by atoms with E-state index in [9.17, 15) is 19.8 Å². The fourth-order valence-electron chi connectivity index (χ4n) is 10.0. The molecule has 0 radical (unpaired) electrons. The Hall–Kier alpha value is -2.08. The molecular formula is C36H58N2O6. The van der Waals surface area contributed by atoms with Gasteiger partial charge in [-0.05, 0) is 123 Å². The van der Waals surface area contributed by atoms with Crippen molar-refractivity contribution in [1.82, 2.24) is 10.6 Å². The lowest BCUT2D eigenvalue weighted by Crippen LogP contribution is -2.58. The molecule has 8 heteroatoms. The first-order valence-electron chi connectivity index (χ1n) is 17.3. The molecule has 0 aliphatic heterocycles. The first-order chi connectivity index (χ1) is 21.0. The molecular weight excluding hydrogens is 556 g/mol. The monoisotopic (exact) mass is 614 g/mol. The first kappa shape index (κ1) is 34.8. The van der Waals surface area contributed by atoms with Gasteiger partial charge in [0.15, 0.2) is 0 Å². The van der Waals surface area contributed by atoms with Crippen LogP contribution < -0.4 is 10.6 Å². The SMILES string of the molecule is C#CCC(NC(=O)C=CCCC(C)C1CCC2C3C(O)CC4CC(O)CCC4(C)C3CCC12C)NC(=O)OCCOCCC. The van der Waals surface area contributed by atoms with Crippen LogP contribution >= 0.6 is 0 Å². The largest absolute Gasteiger partial charge is 0.447 e. The number of alkyl carbamates (subject to hydrolysis) is 1. The van der Waals surface area contributed by atoms with Gasteiger partial charge in [-0.1, -0.05) is 33.8 Å². The summed E-state index contributed by atoms with van der Waals surface area (Å²) in [5.74, 6) is 5.26. The molecule has 8 nitrogen and oxygen atoms in total. The van der Waals surface area contributed by atoms with Crippen molar-refractivity contribution in [3.63, 3.8) is 0 Å². The quantitative estimate of drug-likeness (QED) is 0.0933. The highest BCUT2D eigenvalue weighted by Crippen LogP contribution is 2.68. The fourth-order valence-corrected chi connectivity index (χ4v) is 10.0. The van der Waals surface area contributed by atoms with E-state index >= 15 is 0 Å². The summed E-state index contributed by atoms with van der Waals surface area (Å²) in [6, 6.07) is 0. The van der Waals surface area contributed by atoms with E-state index in [0.29, 0.717) is 48.7 Å². The molecule has 248 valence electrons. The van der Waals surface area contributed by atoms with E-state index in [1.54, 1.807) is 0 Å². The minimum atomic E-state index is -0.711. The van der Waals surface area contributed by atoms with Crippen molar-refractivity contribution < 1.29 is 29.3 Å². The molecule has 4 aliphatic carbocycles. The number of hydrogen-bond donors (Lipinski definition) is 4. The van der Waals surface area contributed by atoms with Crippen LogP contribution in [0.15, 0.2) is 12.2 Å². The van der Waals surface area contributed by atoms with Crippen LogP contribution in [0.5, 0.6) is 0 Å². The molecule has 2 amide bonds. The highest BCUT2D eigenvalue weighted by molar-refractivity contribution is 5.88. The molecule has 0 aromatic rings. The Labute approximate surface area is 265 Å². The van der Waals surface area contributed by atoms with Crippen LogP contribution in [0.2, 0.25) is 0 Å². The summed E-state index contributed by atoms with van der Waals surface area (Å²) in [5, 5.41) is 27.2. The topological polar surface area (TPSA) is 117 Å². The van der Waals surface area contributed by atoms with Crippen molar-refractivity contribution in [2.45, 2.75) is 123 Å². The summed E-state index contributed by atoms with van der Waals surface area (Å²) in [4.78, 5) is 24.6. The van der Waals surface area contributed by atoms with Gasteiger partial charge in [0.25, 0.3) is 0 Å². The van der Waals surface area contributed by atoms with Gasteiger partial charge in [-0.25, -0.2) is 4.79 Å². The highest BCUT2D eigenvalue weighted by atomic mass is 16.6. The maximum absolute atomic E-state index is 12.6. The Bertz CT molecular complexity index is 1040. The lowest BCUT2D eigenvalue weighted by atomic mass is 9.43.